The van der Waals surface area contributed by atoms with Gasteiger partial charge in [-0.15, -0.1) is 0 Å². The van der Waals surface area contributed by atoms with Crippen LogP contribution in [0.3, 0.4) is 0 Å². The van der Waals surface area contributed by atoms with Crippen molar-refractivity contribution < 1.29 is 79.9 Å². The third-order valence-corrected chi connectivity index (χ3v) is 10.9. The Morgan fingerprint density at radius 1 is 0.379 bits per heavy atom. The average molecular weight is 1010 g/mol. The smallest absolute Gasteiger partial charge is 0.507 e. The van der Waals surface area contributed by atoms with Gasteiger partial charge in [-0.2, -0.15) is 0 Å². The third kappa shape index (κ3) is 19.8. The van der Waals surface area contributed by atoms with E-state index in [4.69, 9.17) is 20.0 Å². The summed E-state index contributed by atoms with van der Waals surface area (Å²) in [6.45, 7) is 15.7. The molecule has 2 aliphatic carbocycles. The minimum absolute atomic E-state index is 0. The summed E-state index contributed by atoms with van der Waals surface area (Å²) in [6, 6.07) is 16.1. The molecule has 2 saturated carbocycles. The van der Waals surface area contributed by atoms with E-state index in [0.29, 0.717) is 23.0 Å². The molecule has 4 N–H and O–H groups in total. The molecule has 0 saturated heterocycles. The SMILES string of the molecule is Cc1cc(C)c(O)c(C=N[C@@H]2CCCC[C@H]2N=Cc2cc(C)cc(C)c2O)c1.Cc1cc(C)c(O)c(C=N[C@@H]2CCCC[C@H]2N=Cc2cc(C)cc(C)c2O)c1.FB(F)F.FB(F)F.[Co].[Co]. The predicted molar refractivity (Wildman–Crippen MR) is 251 cm³/mol. The average Bonchev–Trinajstić information content (AvgIpc) is 3.21. The van der Waals surface area contributed by atoms with Crippen LogP contribution in [0.4, 0.5) is 25.9 Å². The summed E-state index contributed by atoms with van der Waals surface area (Å²) >= 11 is 0. The van der Waals surface area contributed by atoms with Gasteiger partial charge in [-0.1, -0.05) is 49.9 Å². The maximum Gasteiger partial charge on any atom is 0.762 e. The quantitative estimate of drug-likeness (QED) is 0.0795. The van der Waals surface area contributed by atoms with E-state index in [2.05, 4.69) is 0 Å². The molecule has 4 aromatic carbocycles. The molecule has 18 heteroatoms. The number of halogens is 6. The fraction of sp³-hybridized carbons (Fsp3) is 0.417. The van der Waals surface area contributed by atoms with Gasteiger partial charge in [-0.25, -0.2) is 0 Å². The van der Waals surface area contributed by atoms with Crippen molar-refractivity contribution in [1.82, 2.24) is 0 Å². The van der Waals surface area contributed by atoms with Crippen LogP contribution in [0.2, 0.25) is 0 Å². The third-order valence-electron chi connectivity index (χ3n) is 10.9. The van der Waals surface area contributed by atoms with E-state index in [-0.39, 0.29) is 57.7 Å². The minimum Gasteiger partial charge on any atom is -0.507 e. The second-order valence-electron chi connectivity index (χ2n) is 16.5. The van der Waals surface area contributed by atoms with Gasteiger partial charge in [0.2, 0.25) is 0 Å². The van der Waals surface area contributed by atoms with Crippen LogP contribution in [-0.2, 0) is 33.6 Å². The number of aryl methyl sites for hydroxylation is 8. The van der Waals surface area contributed by atoms with Crippen LogP contribution in [-0.4, -0.2) is 84.5 Å². The first kappa shape index (κ1) is 59.5. The van der Waals surface area contributed by atoms with E-state index in [1.165, 1.54) is 0 Å². The standard InChI is InChI=1S/2C24H30N2O2.2BF3.2Co/c2*1-15-9-17(3)23(27)19(11-15)13-25-21-7-5-6-8-22(21)26-14-20-12-16(2)10-18(4)24(20)28;2*2-1(3)4;;/h2*9-14,21-22,27-28H,5-8H2,1-4H3;;;;/t2*21-,22-;;;;/m11..../s1. The number of aliphatic imine (C=N–C) groups is 4. The van der Waals surface area contributed by atoms with Gasteiger partial charge >= 0.3 is 15.1 Å². The van der Waals surface area contributed by atoms with Gasteiger partial charge in [-0.3, -0.25) is 45.9 Å². The van der Waals surface area contributed by atoms with E-state index in [0.717, 1.165) is 118 Å². The number of rotatable bonds is 8. The van der Waals surface area contributed by atoms with Gasteiger partial charge < -0.3 is 20.4 Å². The molecule has 4 atom stereocenters. The van der Waals surface area contributed by atoms with Gasteiger partial charge in [0.25, 0.3) is 0 Å². The predicted octanol–water partition coefficient (Wildman–Crippen LogP) is 12.1. The van der Waals surface area contributed by atoms with E-state index in [1.807, 2.05) is 104 Å². The van der Waals surface area contributed by atoms with Crippen LogP contribution in [0, 0.1) is 55.4 Å². The number of phenols is 4. The first-order valence-electron chi connectivity index (χ1n) is 21.3. The summed E-state index contributed by atoms with van der Waals surface area (Å²) in [7, 11) is -7.33. The Balaban J connectivity index is 0.000000553. The van der Waals surface area contributed by atoms with Gasteiger partial charge in [0.1, 0.15) is 23.0 Å². The molecule has 0 amide bonds. The Morgan fingerprint density at radius 3 is 0.712 bits per heavy atom. The van der Waals surface area contributed by atoms with Crippen molar-refractivity contribution in [2.45, 2.75) is 131 Å². The van der Waals surface area contributed by atoms with Crippen LogP contribution in [0.1, 0.15) is 118 Å². The molecule has 8 nitrogen and oxygen atoms in total. The summed E-state index contributed by atoms with van der Waals surface area (Å²) in [5, 5.41) is 41.2. The van der Waals surface area contributed by atoms with Crippen molar-refractivity contribution in [3.05, 3.63) is 115 Å². The molecular formula is C48H60B2Co2F6N4O4. The van der Waals surface area contributed by atoms with Crippen LogP contribution >= 0.6 is 0 Å². The molecule has 2 radical (unpaired) electrons. The normalized spacial score (nSPS) is 18.0. The molecule has 0 unspecified atom stereocenters. The Labute approximate surface area is 407 Å². The summed E-state index contributed by atoms with van der Waals surface area (Å²) in [6.07, 6.45) is 15.7. The first-order chi connectivity index (χ1) is 30.2. The zero-order valence-electron chi connectivity index (χ0n) is 38.6. The van der Waals surface area contributed by atoms with Crippen molar-refractivity contribution in [3.8, 4) is 23.0 Å². The topological polar surface area (TPSA) is 130 Å². The number of benzene rings is 4. The molecule has 0 heterocycles. The fourth-order valence-corrected chi connectivity index (χ4v) is 7.95. The molecule has 2 aliphatic rings. The molecule has 362 valence electrons. The zero-order valence-corrected chi connectivity index (χ0v) is 40.6. The Hall–Kier alpha value is -4.52. The van der Waals surface area contributed by atoms with Crippen LogP contribution in [0.5, 0.6) is 23.0 Å². The van der Waals surface area contributed by atoms with Gasteiger partial charge in [0.05, 0.1) is 24.2 Å². The molecule has 2 fully saturated rings. The fourth-order valence-electron chi connectivity index (χ4n) is 7.95. The first-order valence-corrected chi connectivity index (χ1v) is 21.3. The molecule has 0 aliphatic heterocycles. The summed E-state index contributed by atoms with van der Waals surface area (Å²) in [5.41, 5.74) is 11.0. The van der Waals surface area contributed by atoms with Crippen molar-refractivity contribution in [1.29, 1.82) is 0 Å². The van der Waals surface area contributed by atoms with Crippen molar-refractivity contribution >= 4 is 39.9 Å². The molecule has 4 aromatic rings. The number of aromatic hydroxyl groups is 4. The maximum absolute atomic E-state index is 10.3. The monoisotopic (exact) mass is 1010 g/mol. The number of hydrogen-bond donors (Lipinski definition) is 4. The molecular weight excluding hydrogens is 950 g/mol. The number of hydrogen-bond acceptors (Lipinski definition) is 8. The Kier molecular flexibility index (Phi) is 26.4. The number of phenolic OH excluding ortho intramolecular Hbond substituents is 4. The zero-order chi connectivity index (χ0) is 47.7. The summed E-state index contributed by atoms with van der Waals surface area (Å²) < 4.78 is 58.0. The molecule has 66 heavy (non-hydrogen) atoms. The molecule has 6 rings (SSSR count). The number of nitrogens with zero attached hydrogens (tertiary/aromatic N) is 4. The largest absolute Gasteiger partial charge is 0.762 e. The maximum atomic E-state index is 10.3. The van der Waals surface area contributed by atoms with Crippen LogP contribution in [0.25, 0.3) is 0 Å². The Bertz CT molecular complexity index is 1970. The van der Waals surface area contributed by atoms with Gasteiger partial charge in [0, 0.05) is 80.7 Å². The van der Waals surface area contributed by atoms with Gasteiger partial charge in [0.15, 0.2) is 0 Å². The summed E-state index contributed by atoms with van der Waals surface area (Å²) in [4.78, 5) is 19.1. The van der Waals surface area contributed by atoms with E-state index >= 15 is 0 Å². The van der Waals surface area contributed by atoms with Crippen molar-refractivity contribution in [2.24, 2.45) is 20.0 Å². The minimum atomic E-state index is -3.67. The van der Waals surface area contributed by atoms with Crippen molar-refractivity contribution in [3.63, 3.8) is 0 Å². The van der Waals surface area contributed by atoms with Crippen LogP contribution < -0.4 is 0 Å². The molecule has 0 spiro atoms. The van der Waals surface area contributed by atoms with E-state index in [1.54, 1.807) is 24.9 Å². The van der Waals surface area contributed by atoms with Gasteiger partial charge in [-0.05, 0) is 150 Å². The van der Waals surface area contributed by atoms with Crippen molar-refractivity contribution in [2.75, 3.05) is 0 Å². The van der Waals surface area contributed by atoms with Crippen LogP contribution in [0.15, 0.2) is 68.5 Å². The second-order valence-corrected chi connectivity index (χ2v) is 16.5. The van der Waals surface area contributed by atoms with E-state index in [9.17, 15) is 46.3 Å². The Morgan fingerprint density at radius 2 is 0.545 bits per heavy atom. The summed E-state index contributed by atoms with van der Waals surface area (Å²) in [5.74, 6) is 1.19. The molecule has 0 bridgehead atoms. The second kappa shape index (κ2) is 29.3. The molecule has 0 aromatic heterocycles. The van der Waals surface area contributed by atoms with E-state index < -0.39 is 15.1 Å².